The number of carbonyl (C=O) groups excluding carboxylic acids is 1. The van der Waals surface area contributed by atoms with Crippen LogP contribution in [0.5, 0.6) is 0 Å². The average Bonchev–Trinajstić information content (AvgIpc) is 2.32. The standard InChI is InChI=1S/C7H11BrN4O/c1-4-5(8)6(12(3)11-4)10-7(13)9-2/h1-3H3,(H2,9,10,13). The van der Waals surface area contributed by atoms with E-state index in [1.165, 1.54) is 0 Å². The summed E-state index contributed by atoms with van der Waals surface area (Å²) in [5.41, 5.74) is 0.842. The molecule has 5 nitrogen and oxygen atoms in total. The molecule has 2 amide bonds. The summed E-state index contributed by atoms with van der Waals surface area (Å²) in [7, 11) is 3.33. The Morgan fingerprint density at radius 2 is 2.23 bits per heavy atom. The lowest BCUT2D eigenvalue weighted by Gasteiger charge is -2.04. The summed E-state index contributed by atoms with van der Waals surface area (Å²) in [5, 5.41) is 9.24. The molecule has 0 aliphatic carbocycles. The van der Waals surface area contributed by atoms with Gasteiger partial charge in [-0.3, -0.25) is 10.00 Å². The van der Waals surface area contributed by atoms with E-state index in [9.17, 15) is 4.79 Å². The number of hydrogen-bond donors (Lipinski definition) is 2. The quantitative estimate of drug-likeness (QED) is 0.784. The van der Waals surface area contributed by atoms with Crippen LogP contribution in [0.4, 0.5) is 10.6 Å². The summed E-state index contributed by atoms with van der Waals surface area (Å²) in [6, 6.07) is -0.260. The molecule has 13 heavy (non-hydrogen) atoms. The van der Waals surface area contributed by atoms with Gasteiger partial charge in [0.15, 0.2) is 0 Å². The number of aromatic nitrogens is 2. The van der Waals surface area contributed by atoms with E-state index in [0.717, 1.165) is 10.2 Å². The molecular formula is C7H11BrN4O. The predicted molar refractivity (Wildman–Crippen MR) is 53.7 cm³/mol. The van der Waals surface area contributed by atoms with Crippen LogP contribution in [-0.4, -0.2) is 22.9 Å². The zero-order valence-electron chi connectivity index (χ0n) is 7.68. The van der Waals surface area contributed by atoms with Gasteiger partial charge in [0.1, 0.15) is 5.82 Å². The second-order valence-corrected chi connectivity index (χ2v) is 3.37. The van der Waals surface area contributed by atoms with Gasteiger partial charge < -0.3 is 5.32 Å². The van der Waals surface area contributed by atoms with Crippen molar-refractivity contribution in [2.24, 2.45) is 7.05 Å². The second kappa shape index (κ2) is 3.78. The Morgan fingerprint density at radius 3 is 2.62 bits per heavy atom. The molecule has 1 aromatic rings. The van der Waals surface area contributed by atoms with Gasteiger partial charge >= 0.3 is 6.03 Å². The highest BCUT2D eigenvalue weighted by molar-refractivity contribution is 9.10. The summed E-state index contributed by atoms with van der Waals surface area (Å²) in [5.74, 6) is 0.650. The molecule has 0 aliphatic rings. The lowest BCUT2D eigenvalue weighted by atomic mass is 10.5. The summed E-state index contributed by atoms with van der Waals surface area (Å²) >= 11 is 3.33. The van der Waals surface area contributed by atoms with Crippen LogP contribution in [0.15, 0.2) is 4.47 Å². The lowest BCUT2D eigenvalue weighted by Crippen LogP contribution is -2.25. The van der Waals surface area contributed by atoms with Gasteiger partial charge in [0.2, 0.25) is 0 Å². The summed E-state index contributed by atoms with van der Waals surface area (Å²) in [6.45, 7) is 1.86. The van der Waals surface area contributed by atoms with Gasteiger partial charge in [-0.2, -0.15) is 5.10 Å². The van der Waals surface area contributed by atoms with Gasteiger partial charge in [0.05, 0.1) is 10.2 Å². The van der Waals surface area contributed by atoms with E-state index in [0.29, 0.717) is 5.82 Å². The molecule has 0 spiro atoms. The highest BCUT2D eigenvalue weighted by Gasteiger charge is 2.11. The van der Waals surface area contributed by atoms with Crippen molar-refractivity contribution in [1.82, 2.24) is 15.1 Å². The van der Waals surface area contributed by atoms with Crippen LogP contribution in [0.25, 0.3) is 0 Å². The van der Waals surface area contributed by atoms with E-state index in [-0.39, 0.29) is 6.03 Å². The molecule has 0 atom stereocenters. The normalized spacial score (nSPS) is 9.85. The van der Waals surface area contributed by atoms with E-state index in [2.05, 4.69) is 31.7 Å². The Labute approximate surface area is 84.6 Å². The van der Waals surface area contributed by atoms with Gasteiger partial charge in [-0.25, -0.2) is 4.79 Å². The Balaban J connectivity index is 2.94. The number of anilines is 1. The van der Waals surface area contributed by atoms with Crippen LogP contribution in [-0.2, 0) is 7.05 Å². The number of urea groups is 1. The van der Waals surface area contributed by atoms with Gasteiger partial charge in [-0.1, -0.05) is 0 Å². The van der Waals surface area contributed by atoms with E-state index in [4.69, 9.17) is 0 Å². The minimum Gasteiger partial charge on any atom is -0.341 e. The van der Waals surface area contributed by atoms with Crippen LogP contribution in [0, 0.1) is 6.92 Å². The monoisotopic (exact) mass is 246 g/mol. The van der Waals surface area contributed by atoms with Crippen LogP contribution < -0.4 is 10.6 Å². The Hall–Kier alpha value is -1.04. The van der Waals surface area contributed by atoms with Crippen LogP contribution in [0.2, 0.25) is 0 Å². The molecule has 1 aromatic heterocycles. The third-order valence-corrected chi connectivity index (χ3v) is 2.56. The minimum atomic E-state index is -0.260. The zero-order valence-corrected chi connectivity index (χ0v) is 9.27. The van der Waals surface area contributed by atoms with Gasteiger partial charge in [0, 0.05) is 14.1 Å². The number of carbonyl (C=O) groups is 1. The van der Waals surface area contributed by atoms with Crippen LogP contribution >= 0.6 is 15.9 Å². The minimum absolute atomic E-state index is 0.260. The fourth-order valence-corrected chi connectivity index (χ4v) is 1.37. The first-order valence-corrected chi connectivity index (χ1v) is 4.53. The largest absolute Gasteiger partial charge is 0.341 e. The fraction of sp³-hybridized carbons (Fsp3) is 0.429. The maximum Gasteiger partial charge on any atom is 0.320 e. The van der Waals surface area contributed by atoms with E-state index < -0.39 is 0 Å². The molecule has 0 saturated carbocycles. The molecule has 1 heterocycles. The number of amides is 2. The Morgan fingerprint density at radius 1 is 1.62 bits per heavy atom. The number of rotatable bonds is 1. The molecule has 1 rings (SSSR count). The van der Waals surface area contributed by atoms with Crippen LogP contribution in [0.3, 0.4) is 0 Å². The van der Waals surface area contributed by atoms with Crippen molar-refractivity contribution in [1.29, 1.82) is 0 Å². The molecule has 6 heteroatoms. The topological polar surface area (TPSA) is 59.0 Å². The van der Waals surface area contributed by atoms with Crippen molar-refractivity contribution in [3.05, 3.63) is 10.2 Å². The van der Waals surface area contributed by atoms with Gasteiger partial charge in [-0.15, -0.1) is 0 Å². The van der Waals surface area contributed by atoms with Crippen LogP contribution in [0.1, 0.15) is 5.69 Å². The third-order valence-electron chi connectivity index (χ3n) is 1.61. The second-order valence-electron chi connectivity index (χ2n) is 2.58. The van der Waals surface area contributed by atoms with Crippen molar-refractivity contribution < 1.29 is 4.79 Å². The number of aryl methyl sites for hydroxylation is 2. The van der Waals surface area contributed by atoms with Crippen molar-refractivity contribution in [2.45, 2.75) is 6.92 Å². The van der Waals surface area contributed by atoms with Crippen molar-refractivity contribution in [2.75, 3.05) is 12.4 Å². The smallest absolute Gasteiger partial charge is 0.320 e. The summed E-state index contributed by atoms with van der Waals surface area (Å²) in [6.07, 6.45) is 0. The Bertz CT molecular complexity index is 333. The summed E-state index contributed by atoms with van der Waals surface area (Å²) in [4.78, 5) is 11.0. The van der Waals surface area contributed by atoms with Gasteiger partial charge in [-0.05, 0) is 22.9 Å². The number of halogens is 1. The first-order chi connectivity index (χ1) is 6.06. The predicted octanol–water partition coefficient (Wildman–Crippen LogP) is 1.24. The Kier molecular flexibility index (Phi) is 2.92. The molecule has 0 aliphatic heterocycles. The molecule has 72 valence electrons. The van der Waals surface area contributed by atoms with Crippen molar-refractivity contribution in [3.8, 4) is 0 Å². The first-order valence-electron chi connectivity index (χ1n) is 3.74. The maximum atomic E-state index is 11.0. The molecule has 2 N–H and O–H groups in total. The molecular weight excluding hydrogens is 236 g/mol. The van der Waals surface area contributed by atoms with E-state index >= 15 is 0 Å². The maximum absolute atomic E-state index is 11.0. The lowest BCUT2D eigenvalue weighted by molar-refractivity contribution is 0.253. The average molecular weight is 247 g/mol. The van der Waals surface area contributed by atoms with Gasteiger partial charge in [0.25, 0.3) is 0 Å². The molecule has 0 unspecified atom stereocenters. The summed E-state index contributed by atoms with van der Waals surface area (Å²) < 4.78 is 2.41. The van der Waals surface area contributed by atoms with Crippen molar-refractivity contribution >= 4 is 27.8 Å². The zero-order chi connectivity index (χ0) is 10.0. The SMILES string of the molecule is CNC(=O)Nc1c(Br)c(C)nn1C. The molecule has 0 radical (unpaired) electrons. The number of hydrogen-bond acceptors (Lipinski definition) is 2. The highest BCUT2D eigenvalue weighted by Crippen LogP contribution is 2.24. The third kappa shape index (κ3) is 2.00. The number of nitrogens with zero attached hydrogens (tertiary/aromatic N) is 2. The highest BCUT2D eigenvalue weighted by atomic mass is 79.9. The van der Waals surface area contributed by atoms with Crippen molar-refractivity contribution in [3.63, 3.8) is 0 Å². The molecule has 0 aromatic carbocycles. The number of nitrogens with one attached hydrogen (secondary N) is 2. The first kappa shape index (κ1) is 10.0. The fourth-order valence-electron chi connectivity index (χ4n) is 0.938. The molecule has 0 saturated heterocycles. The molecule has 0 fully saturated rings. The molecule has 0 bridgehead atoms. The van der Waals surface area contributed by atoms with E-state index in [1.807, 2.05) is 6.92 Å². The van der Waals surface area contributed by atoms with E-state index in [1.54, 1.807) is 18.8 Å².